The average molecular weight is 326 g/mol. The normalized spacial score (nSPS) is 14.9. The minimum absolute atomic E-state index is 0.0227. The molecule has 0 radical (unpaired) electrons. The molecule has 1 aliphatic rings. The maximum atomic E-state index is 12.4. The van der Waals surface area contributed by atoms with Crippen LogP contribution in [-0.4, -0.2) is 21.1 Å². The van der Waals surface area contributed by atoms with Crippen LogP contribution in [0, 0.1) is 6.92 Å². The first-order chi connectivity index (χ1) is 11.7. The molecule has 2 heterocycles. The number of pyridine rings is 1. The molecule has 0 fully saturated rings. The van der Waals surface area contributed by atoms with E-state index in [0.717, 1.165) is 36.2 Å². The maximum absolute atomic E-state index is 12.4. The summed E-state index contributed by atoms with van der Waals surface area (Å²) in [7, 11) is 0. The van der Waals surface area contributed by atoms with Crippen molar-refractivity contribution in [1.29, 1.82) is 0 Å². The summed E-state index contributed by atoms with van der Waals surface area (Å²) >= 11 is 0. The third kappa shape index (κ3) is 3.83. The van der Waals surface area contributed by atoms with Gasteiger partial charge >= 0.3 is 0 Å². The van der Waals surface area contributed by atoms with Crippen LogP contribution < -0.4 is 5.32 Å². The Labute approximate surface area is 143 Å². The van der Waals surface area contributed by atoms with Gasteiger partial charge in [-0.1, -0.05) is 6.92 Å². The predicted molar refractivity (Wildman–Crippen MR) is 93.7 cm³/mol. The van der Waals surface area contributed by atoms with Crippen LogP contribution in [-0.2, 0) is 24.1 Å². The largest absolute Gasteiger partial charge is 0.348 e. The zero-order valence-corrected chi connectivity index (χ0v) is 14.6. The summed E-state index contributed by atoms with van der Waals surface area (Å²) in [6.45, 7) is 4.11. The molecule has 128 valence electrons. The highest BCUT2D eigenvalue weighted by atomic mass is 16.1. The van der Waals surface area contributed by atoms with E-state index in [1.54, 1.807) is 6.20 Å². The Kier molecular flexibility index (Phi) is 5.28. The van der Waals surface area contributed by atoms with Crippen molar-refractivity contribution in [2.24, 2.45) is 0 Å². The van der Waals surface area contributed by atoms with E-state index in [4.69, 9.17) is 0 Å². The third-order valence-corrected chi connectivity index (χ3v) is 4.77. The molecular formula is C19H26N4O. The Morgan fingerprint density at radius 1 is 1.38 bits per heavy atom. The van der Waals surface area contributed by atoms with E-state index in [0.29, 0.717) is 12.8 Å². The number of nitrogens with one attached hydrogen (secondary N) is 2. The van der Waals surface area contributed by atoms with Gasteiger partial charge in [0.1, 0.15) is 0 Å². The van der Waals surface area contributed by atoms with Gasteiger partial charge in [-0.25, -0.2) is 0 Å². The van der Waals surface area contributed by atoms with Gasteiger partial charge in [-0.2, -0.15) is 5.10 Å². The van der Waals surface area contributed by atoms with E-state index >= 15 is 0 Å². The lowest BCUT2D eigenvalue weighted by Crippen LogP contribution is -2.29. The molecule has 0 unspecified atom stereocenters. The molecule has 2 aromatic heterocycles. The van der Waals surface area contributed by atoms with Crippen molar-refractivity contribution >= 4 is 5.91 Å². The van der Waals surface area contributed by atoms with Crippen LogP contribution >= 0.6 is 0 Å². The molecule has 0 aromatic carbocycles. The van der Waals surface area contributed by atoms with Crippen LogP contribution in [0.15, 0.2) is 18.3 Å². The molecule has 0 bridgehead atoms. The van der Waals surface area contributed by atoms with Crippen LogP contribution in [0.25, 0.3) is 0 Å². The van der Waals surface area contributed by atoms with Gasteiger partial charge in [0.15, 0.2) is 0 Å². The van der Waals surface area contributed by atoms with Crippen molar-refractivity contribution in [3.63, 3.8) is 0 Å². The standard InChI is InChI=1S/C19H26N4O/c1-3-15(18-12-13(2)10-11-20-18)21-19(24)9-8-17-14-6-4-5-7-16(14)22-23-17/h10-12,15H,3-9H2,1-2H3,(H,21,24)(H,22,23)/t15-/m1/s1. The first-order valence-corrected chi connectivity index (χ1v) is 8.94. The fourth-order valence-corrected chi connectivity index (χ4v) is 3.39. The van der Waals surface area contributed by atoms with E-state index in [1.807, 2.05) is 19.1 Å². The topological polar surface area (TPSA) is 70.7 Å². The second-order valence-electron chi connectivity index (χ2n) is 6.62. The monoisotopic (exact) mass is 326 g/mol. The summed E-state index contributed by atoms with van der Waals surface area (Å²) in [6.07, 6.45) is 8.45. The lowest BCUT2D eigenvalue weighted by atomic mass is 9.94. The maximum Gasteiger partial charge on any atom is 0.220 e. The summed E-state index contributed by atoms with van der Waals surface area (Å²) in [6, 6.07) is 3.99. The molecule has 0 saturated heterocycles. The number of carbonyl (C=O) groups excluding carboxylic acids is 1. The molecule has 0 saturated carbocycles. The number of fused-ring (bicyclic) bond motifs is 1. The Morgan fingerprint density at radius 2 is 2.21 bits per heavy atom. The highest BCUT2D eigenvalue weighted by Gasteiger charge is 2.18. The molecule has 0 aliphatic heterocycles. The van der Waals surface area contributed by atoms with E-state index < -0.39 is 0 Å². The van der Waals surface area contributed by atoms with Crippen molar-refractivity contribution in [2.45, 2.75) is 64.8 Å². The van der Waals surface area contributed by atoms with E-state index in [1.165, 1.54) is 24.1 Å². The molecule has 1 amide bonds. The summed E-state index contributed by atoms with van der Waals surface area (Å²) < 4.78 is 0. The minimum atomic E-state index is -0.0227. The number of nitrogens with zero attached hydrogens (tertiary/aromatic N) is 2. The molecule has 2 aromatic rings. The summed E-state index contributed by atoms with van der Waals surface area (Å²) in [5.74, 6) is 0.0673. The summed E-state index contributed by atoms with van der Waals surface area (Å²) in [5, 5.41) is 10.7. The van der Waals surface area contributed by atoms with Gasteiger partial charge in [0.25, 0.3) is 0 Å². The Bertz CT molecular complexity index is 707. The molecule has 1 atom stereocenters. The Morgan fingerprint density at radius 3 is 3.00 bits per heavy atom. The lowest BCUT2D eigenvalue weighted by molar-refractivity contribution is -0.121. The van der Waals surface area contributed by atoms with Gasteiger partial charge in [-0.3, -0.25) is 14.9 Å². The first-order valence-electron chi connectivity index (χ1n) is 8.94. The Hall–Kier alpha value is -2.17. The van der Waals surface area contributed by atoms with Gasteiger partial charge in [-0.15, -0.1) is 0 Å². The third-order valence-electron chi connectivity index (χ3n) is 4.77. The van der Waals surface area contributed by atoms with Gasteiger partial charge in [0.2, 0.25) is 5.91 Å². The highest BCUT2D eigenvalue weighted by Crippen LogP contribution is 2.23. The molecule has 3 rings (SSSR count). The minimum Gasteiger partial charge on any atom is -0.348 e. The van der Waals surface area contributed by atoms with Crippen LogP contribution in [0.4, 0.5) is 0 Å². The van der Waals surface area contributed by atoms with Gasteiger partial charge in [0.05, 0.1) is 17.4 Å². The predicted octanol–water partition coefficient (Wildman–Crippen LogP) is 3.19. The molecule has 24 heavy (non-hydrogen) atoms. The number of aromatic nitrogens is 3. The molecule has 0 spiro atoms. The fourth-order valence-electron chi connectivity index (χ4n) is 3.39. The number of aryl methyl sites for hydroxylation is 3. The molecule has 2 N–H and O–H groups in total. The summed E-state index contributed by atoms with van der Waals surface area (Å²) in [5.41, 5.74) is 5.79. The van der Waals surface area contributed by atoms with Gasteiger partial charge in [0, 0.05) is 24.7 Å². The van der Waals surface area contributed by atoms with Crippen molar-refractivity contribution < 1.29 is 4.79 Å². The van der Waals surface area contributed by atoms with Crippen molar-refractivity contribution in [1.82, 2.24) is 20.5 Å². The second-order valence-corrected chi connectivity index (χ2v) is 6.62. The van der Waals surface area contributed by atoms with Crippen molar-refractivity contribution in [3.05, 3.63) is 46.5 Å². The Balaban J connectivity index is 1.58. The zero-order chi connectivity index (χ0) is 16.9. The molecular weight excluding hydrogens is 300 g/mol. The van der Waals surface area contributed by atoms with Crippen LogP contribution in [0.3, 0.4) is 0 Å². The smallest absolute Gasteiger partial charge is 0.220 e. The van der Waals surface area contributed by atoms with Crippen molar-refractivity contribution in [3.8, 4) is 0 Å². The number of hydrogen-bond acceptors (Lipinski definition) is 3. The highest BCUT2D eigenvalue weighted by molar-refractivity contribution is 5.76. The number of aromatic amines is 1. The quantitative estimate of drug-likeness (QED) is 0.856. The lowest BCUT2D eigenvalue weighted by Gasteiger charge is -2.17. The number of carbonyl (C=O) groups is 1. The fraction of sp³-hybridized carbons (Fsp3) is 0.526. The SMILES string of the molecule is CC[C@@H](NC(=O)CCc1n[nH]c2c1CCCC2)c1cc(C)ccn1. The van der Waals surface area contributed by atoms with E-state index in [9.17, 15) is 4.79 Å². The van der Waals surface area contributed by atoms with Crippen LogP contribution in [0.1, 0.15) is 66.9 Å². The first kappa shape index (κ1) is 16.7. The number of amides is 1. The zero-order valence-electron chi connectivity index (χ0n) is 14.6. The molecule has 5 nitrogen and oxygen atoms in total. The summed E-state index contributed by atoms with van der Waals surface area (Å²) in [4.78, 5) is 16.8. The van der Waals surface area contributed by atoms with Crippen LogP contribution in [0.5, 0.6) is 0 Å². The van der Waals surface area contributed by atoms with Crippen molar-refractivity contribution in [2.75, 3.05) is 0 Å². The molecule has 5 heteroatoms. The van der Waals surface area contributed by atoms with Crippen LogP contribution in [0.2, 0.25) is 0 Å². The number of hydrogen-bond donors (Lipinski definition) is 2. The average Bonchev–Trinajstić information content (AvgIpc) is 3.01. The second kappa shape index (κ2) is 7.60. The molecule has 1 aliphatic carbocycles. The number of H-pyrrole nitrogens is 1. The van der Waals surface area contributed by atoms with E-state index in [2.05, 4.69) is 27.4 Å². The number of rotatable bonds is 6. The van der Waals surface area contributed by atoms with Gasteiger partial charge in [-0.05, 0) is 62.3 Å². The van der Waals surface area contributed by atoms with Gasteiger partial charge < -0.3 is 5.32 Å². The van der Waals surface area contributed by atoms with E-state index in [-0.39, 0.29) is 11.9 Å².